The fourth-order valence-corrected chi connectivity index (χ4v) is 3.07. The Balaban J connectivity index is 1.83. The first-order valence-corrected chi connectivity index (χ1v) is 8.93. The molecule has 0 bridgehead atoms. The van der Waals surface area contributed by atoms with Gasteiger partial charge in [-0.15, -0.1) is 0 Å². The third-order valence-corrected chi connectivity index (χ3v) is 4.59. The van der Waals surface area contributed by atoms with Gasteiger partial charge in [-0.25, -0.2) is 0 Å². The molecule has 0 aliphatic rings. The molecule has 6 heteroatoms. The highest BCUT2D eigenvalue weighted by Gasteiger charge is 2.18. The van der Waals surface area contributed by atoms with Crippen LogP contribution in [0.1, 0.15) is 46.3 Å². The summed E-state index contributed by atoms with van der Waals surface area (Å²) in [7, 11) is 0. The Morgan fingerprint density at radius 1 is 1.12 bits per heavy atom. The van der Waals surface area contributed by atoms with Crippen LogP contribution in [0.5, 0.6) is 0 Å². The number of carbonyl (C=O) groups excluding carboxylic acids is 1. The Kier molecular flexibility index (Phi) is 5.21. The van der Waals surface area contributed by atoms with Crippen molar-refractivity contribution < 1.29 is 4.79 Å². The monoisotopic (exact) mass is 351 g/mol. The Labute approximate surface area is 153 Å². The average Bonchev–Trinajstić information content (AvgIpc) is 3.17. The molecule has 0 radical (unpaired) electrons. The number of nitrogens with zero attached hydrogens (tertiary/aromatic N) is 4. The van der Waals surface area contributed by atoms with Gasteiger partial charge in [-0.05, 0) is 44.4 Å². The van der Waals surface area contributed by atoms with Crippen LogP contribution in [0.15, 0.2) is 36.5 Å². The lowest BCUT2D eigenvalue weighted by atomic mass is 10.1. The number of nitrogens with one attached hydrogen (secondary N) is 1. The zero-order chi connectivity index (χ0) is 18.7. The molecule has 2 aromatic heterocycles. The first kappa shape index (κ1) is 17.9. The summed E-state index contributed by atoms with van der Waals surface area (Å²) in [5, 5.41) is 11.9. The second-order valence-corrected chi connectivity index (χ2v) is 6.52. The van der Waals surface area contributed by atoms with Crippen molar-refractivity contribution in [1.82, 2.24) is 19.6 Å². The van der Waals surface area contributed by atoms with Crippen LogP contribution in [0, 0.1) is 20.8 Å². The highest BCUT2D eigenvalue weighted by Crippen LogP contribution is 2.22. The predicted octanol–water partition coefficient (Wildman–Crippen LogP) is 3.72. The van der Waals surface area contributed by atoms with E-state index in [1.807, 2.05) is 30.7 Å². The van der Waals surface area contributed by atoms with Crippen LogP contribution in [0.2, 0.25) is 0 Å². The average molecular weight is 351 g/mol. The Morgan fingerprint density at radius 3 is 2.62 bits per heavy atom. The highest BCUT2D eigenvalue weighted by molar-refractivity contribution is 6.03. The van der Waals surface area contributed by atoms with E-state index in [1.165, 1.54) is 11.1 Å². The number of rotatable bonds is 6. The van der Waals surface area contributed by atoms with Crippen LogP contribution in [0.4, 0.5) is 5.69 Å². The molecule has 0 spiro atoms. The van der Waals surface area contributed by atoms with Gasteiger partial charge in [-0.3, -0.25) is 14.2 Å². The largest absolute Gasteiger partial charge is 0.317 e. The van der Waals surface area contributed by atoms with Crippen molar-refractivity contribution in [1.29, 1.82) is 0 Å². The number of hydrogen-bond acceptors (Lipinski definition) is 3. The topological polar surface area (TPSA) is 64.7 Å². The van der Waals surface area contributed by atoms with Crippen molar-refractivity contribution in [3.8, 4) is 0 Å². The zero-order valence-electron chi connectivity index (χ0n) is 15.8. The number of benzene rings is 1. The molecule has 0 aliphatic carbocycles. The van der Waals surface area contributed by atoms with Crippen molar-refractivity contribution in [3.63, 3.8) is 0 Å². The molecule has 0 aliphatic heterocycles. The van der Waals surface area contributed by atoms with E-state index in [9.17, 15) is 4.79 Å². The molecule has 1 N–H and O–H groups in total. The van der Waals surface area contributed by atoms with Gasteiger partial charge in [0.25, 0.3) is 5.91 Å². The van der Waals surface area contributed by atoms with E-state index >= 15 is 0 Å². The summed E-state index contributed by atoms with van der Waals surface area (Å²) < 4.78 is 3.67. The molecule has 26 heavy (non-hydrogen) atoms. The van der Waals surface area contributed by atoms with Gasteiger partial charge in [0.1, 0.15) is 5.69 Å². The van der Waals surface area contributed by atoms with Gasteiger partial charge in [0.2, 0.25) is 0 Å². The van der Waals surface area contributed by atoms with Gasteiger partial charge >= 0.3 is 0 Å². The van der Waals surface area contributed by atoms with E-state index in [-0.39, 0.29) is 5.91 Å². The van der Waals surface area contributed by atoms with Gasteiger partial charge in [0.15, 0.2) is 0 Å². The van der Waals surface area contributed by atoms with Crippen LogP contribution >= 0.6 is 0 Å². The van der Waals surface area contributed by atoms with Gasteiger partial charge in [0, 0.05) is 12.7 Å². The maximum absolute atomic E-state index is 12.7. The molecule has 0 fully saturated rings. The minimum atomic E-state index is -0.155. The van der Waals surface area contributed by atoms with E-state index in [0.29, 0.717) is 12.2 Å². The number of carbonyl (C=O) groups is 1. The summed E-state index contributed by atoms with van der Waals surface area (Å²) in [5.41, 5.74) is 5.54. The predicted molar refractivity (Wildman–Crippen MR) is 102 cm³/mol. The molecular formula is C20H25N5O. The molecule has 0 saturated heterocycles. The molecule has 6 nitrogen and oxygen atoms in total. The Bertz CT molecular complexity index is 922. The maximum Gasteiger partial charge on any atom is 0.274 e. The van der Waals surface area contributed by atoms with Gasteiger partial charge in [-0.1, -0.05) is 31.2 Å². The number of aryl methyl sites for hydroxylation is 3. The van der Waals surface area contributed by atoms with E-state index in [0.717, 1.165) is 30.0 Å². The second kappa shape index (κ2) is 7.56. The molecule has 3 aromatic rings. The lowest BCUT2D eigenvalue weighted by Gasteiger charge is -2.10. The lowest BCUT2D eigenvalue weighted by Crippen LogP contribution is -2.18. The summed E-state index contributed by atoms with van der Waals surface area (Å²) in [6.45, 7) is 9.46. The third kappa shape index (κ3) is 3.54. The fourth-order valence-electron chi connectivity index (χ4n) is 3.07. The van der Waals surface area contributed by atoms with Crippen LogP contribution < -0.4 is 5.32 Å². The van der Waals surface area contributed by atoms with Gasteiger partial charge in [0.05, 0.1) is 23.6 Å². The van der Waals surface area contributed by atoms with Crippen LogP contribution in [0.25, 0.3) is 0 Å². The van der Waals surface area contributed by atoms with E-state index in [2.05, 4.69) is 41.5 Å². The number of aromatic nitrogens is 4. The van der Waals surface area contributed by atoms with Gasteiger partial charge < -0.3 is 5.32 Å². The summed E-state index contributed by atoms with van der Waals surface area (Å²) >= 11 is 0. The third-order valence-electron chi connectivity index (χ3n) is 4.59. The normalized spacial score (nSPS) is 10.9. The summed E-state index contributed by atoms with van der Waals surface area (Å²) in [6.07, 6.45) is 2.58. The van der Waals surface area contributed by atoms with Crippen molar-refractivity contribution in [2.45, 2.75) is 47.2 Å². The SMILES string of the molecule is CCCn1nccc1C(=O)Nc1c(C)nn(Cc2ccccc2C)c1C. The van der Waals surface area contributed by atoms with Crippen molar-refractivity contribution in [2.75, 3.05) is 5.32 Å². The molecule has 0 atom stereocenters. The molecule has 1 amide bonds. The van der Waals surface area contributed by atoms with Crippen LogP contribution in [-0.2, 0) is 13.1 Å². The lowest BCUT2D eigenvalue weighted by molar-refractivity contribution is 0.101. The van der Waals surface area contributed by atoms with Crippen molar-refractivity contribution >= 4 is 11.6 Å². The summed E-state index contributed by atoms with van der Waals surface area (Å²) in [6, 6.07) is 10.0. The Hall–Kier alpha value is -2.89. The number of amides is 1. The minimum absolute atomic E-state index is 0.155. The van der Waals surface area contributed by atoms with Crippen LogP contribution in [0.3, 0.4) is 0 Å². The first-order valence-electron chi connectivity index (χ1n) is 8.93. The second-order valence-electron chi connectivity index (χ2n) is 6.52. The van der Waals surface area contributed by atoms with Crippen LogP contribution in [-0.4, -0.2) is 25.5 Å². The molecule has 0 unspecified atom stereocenters. The maximum atomic E-state index is 12.7. The standard InChI is InChI=1S/C20H25N5O/c1-5-12-24-18(10-11-21-24)20(26)22-19-15(3)23-25(16(19)4)13-17-9-7-6-8-14(17)2/h6-11H,5,12-13H2,1-4H3,(H,22,26). The van der Waals surface area contributed by atoms with Crippen molar-refractivity contribution in [3.05, 3.63) is 64.7 Å². The van der Waals surface area contributed by atoms with E-state index in [1.54, 1.807) is 16.9 Å². The molecule has 0 saturated carbocycles. The number of hydrogen-bond donors (Lipinski definition) is 1. The zero-order valence-corrected chi connectivity index (χ0v) is 15.8. The smallest absolute Gasteiger partial charge is 0.274 e. The molecule has 3 rings (SSSR count). The fraction of sp³-hybridized carbons (Fsp3) is 0.350. The summed E-state index contributed by atoms with van der Waals surface area (Å²) in [4.78, 5) is 12.7. The summed E-state index contributed by atoms with van der Waals surface area (Å²) in [5.74, 6) is -0.155. The highest BCUT2D eigenvalue weighted by atomic mass is 16.2. The Morgan fingerprint density at radius 2 is 1.88 bits per heavy atom. The van der Waals surface area contributed by atoms with E-state index < -0.39 is 0 Å². The quantitative estimate of drug-likeness (QED) is 0.736. The molecule has 1 aromatic carbocycles. The molecular weight excluding hydrogens is 326 g/mol. The number of anilines is 1. The van der Waals surface area contributed by atoms with E-state index in [4.69, 9.17) is 0 Å². The van der Waals surface area contributed by atoms with Gasteiger partial charge in [-0.2, -0.15) is 10.2 Å². The molecule has 136 valence electrons. The van der Waals surface area contributed by atoms with Crippen molar-refractivity contribution in [2.24, 2.45) is 0 Å². The first-order chi connectivity index (χ1) is 12.5. The minimum Gasteiger partial charge on any atom is -0.317 e. The molecule has 2 heterocycles.